The molecule has 9 amide bonds. The highest BCUT2D eigenvalue weighted by molar-refractivity contribution is 6.07. The molecule has 17 heteroatoms. The van der Waals surface area contributed by atoms with Crippen molar-refractivity contribution in [1.29, 1.82) is 0 Å². The second-order valence-corrected chi connectivity index (χ2v) is 17.8. The lowest BCUT2D eigenvalue weighted by Crippen LogP contribution is -2.52. The highest BCUT2D eigenvalue weighted by atomic mass is 16.3. The van der Waals surface area contributed by atoms with Crippen LogP contribution in [0.25, 0.3) is 0 Å². The number of imide groups is 3. The molecule has 6 aliphatic heterocycles. The van der Waals surface area contributed by atoms with E-state index in [-0.39, 0.29) is 73.3 Å². The third kappa shape index (κ3) is 11.3. The van der Waals surface area contributed by atoms with Crippen LogP contribution in [0.5, 0.6) is 0 Å². The van der Waals surface area contributed by atoms with Gasteiger partial charge in [0.25, 0.3) is 17.7 Å². The molecule has 6 heterocycles. The van der Waals surface area contributed by atoms with Crippen molar-refractivity contribution < 1.29 is 53.4 Å². The van der Waals surface area contributed by atoms with E-state index in [1.54, 1.807) is 28.0 Å². The molecular formula is C52H58N6O11. The number of aliphatic hydroxyl groups excluding tert-OH is 2. The normalized spacial score (nSPS) is 20.4. The summed E-state index contributed by atoms with van der Waals surface area (Å²) in [6.07, 6.45) is 9.11. The topological polar surface area (TPSA) is 240 Å². The van der Waals surface area contributed by atoms with Gasteiger partial charge in [0.2, 0.25) is 35.4 Å². The fourth-order valence-corrected chi connectivity index (χ4v) is 9.68. The maximum absolute atomic E-state index is 12.7. The van der Waals surface area contributed by atoms with Crippen LogP contribution in [0.1, 0.15) is 148 Å². The van der Waals surface area contributed by atoms with E-state index in [1.807, 2.05) is 30.3 Å². The van der Waals surface area contributed by atoms with Crippen LogP contribution in [0, 0.1) is 11.8 Å². The lowest BCUT2D eigenvalue weighted by Gasteiger charge is -2.29. The number of piperidine rings is 3. The smallest absolute Gasteiger partial charge is 0.255 e. The van der Waals surface area contributed by atoms with Gasteiger partial charge in [-0.05, 0) is 103 Å². The monoisotopic (exact) mass is 942 g/mol. The summed E-state index contributed by atoms with van der Waals surface area (Å²) in [5.74, 6) is 3.39. The molecule has 362 valence electrons. The summed E-state index contributed by atoms with van der Waals surface area (Å²) in [5.41, 5.74) is 7.77. The average Bonchev–Trinajstić information content (AvgIpc) is 3.97. The average molecular weight is 943 g/mol. The Morgan fingerprint density at radius 3 is 1.33 bits per heavy atom. The van der Waals surface area contributed by atoms with Crippen LogP contribution in [-0.4, -0.2) is 109 Å². The van der Waals surface area contributed by atoms with Gasteiger partial charge in [-0.3, -0.25) is 59.1 Å². The van der Waals surface area contributed by atoms with Crippen LogP contribution >= 0.6 is 0 Å². The molecule has 0 saturated carbocycles. The maximum Gasteiger partial charge on any atom is 0.255 e. The fourth-order valence-electron chi connectivity index (χ4n) is 9.68. The van der Waals surface area contributed by atoms with Crippen molar-refractivity contribution in [2.75, 3.05) is 13.2 Å². The summed E-state index contributed by atoms with van der Waals surface area (Å²) in [6, 6.07) is 15.1. The van der Waals surface area contributed by atoms with Crippen molar-refractivity contribution in [2.45, 2.75) is 135 Å². The Balaban J connectivity index is 0.000000153. The van der Waals surface area contributed by atoms with E-state index in [4.69, 9.17) is 10.2 Å². The molecule has 3 aromatic carbocycles. The summed E-state index contributed by atoms with van der Waals surface area (Å²) in [6.45, 7) is 3.52. The molecule has 3 unspecified atom stereocenters. The Labute approximate surface area is 400 Å². The molecule has 3 saturated heterocycles. The van der Waals surface area contributed by atoms with Gasteiger partial charge in [-0.1, -0.05) is 61.9 Å². The van der Waals surface area contributed by atoms with E-state index in [2.05, 4.69) is 40.8 Å². The van der Waals surface area contributed by atoms with Crippen molar-refractivity contribution in [1.82, 2.24) is 30.7 Å². The van der Waals surface area contributed by atoms with E-state index in [1.165, 1.54) is 16.9 Å². The van der Waals surface area contributed by atoms with Gasteiger partial charge in [0.1, 0.15) is 18.1 Å². The Morgan fingerprint density at radius 1 is 0.522 bits per heavy atom. The number of fused-ring (bicyclic) bond motifs is 3. The lowest BCUT2D eigenvalue weighted by atomic mass is 9.98. The lowest BCUT2D eigenvalue weighted by molar-refractivity contribution is -0.138. The van der Waals surface area contributed by atoms with Gasteiger partial charge >= 0.3 is 0 Å². The predicted octanol–water partition coefficient (Wildman–Crippen LogP) is 3.12. The van der Waals surface area contributed by atoms with Crippen LogP contribution in [0.2, 0.25) is 0 Å². The van der Waals surface area contributed by atoms with Gasteiger partial charge < -0.3 is 24.9 Å². The Bertz CT molecular complexity index is 2500. The van der Waals surface area contributed by atoms with Crippen LogP contribution in [-0.2, 0) is 61.2 Å². The molecule has 0 aromatic heterocycles. The molecule has 0 radical (unpaired) electrons. The van der Waals surface area contributed by atoms with Gasteiger partial charge in [0.05, 0.1) is 6.61 Å². The zero-order valence-corrected chi connectivity index (χ0v) is 38.8. The molecule has 3 aromatic rings. The van der Waals surface area contributed by atoms with Crippen molar-refractivity contribution in [3.63, 3.8) is 0 Å². The number of unbranched alkanes of at least 4 members (excludes halogenated alkanes) is 3. The molecular weight excluding hydrogens is 885 g/mol. The second-order valence-electron chi connectivity index (χ2n) is 17.8. The number of benzene rings is 3. The van der Waals surface area contributed by atoms with E-state index < -0.39 is 24.0 Å². The van der Waals surface area contributed by atoms with E-state index in [0.29, 0.717) is 68.4 Å². The standard InChI is InChI=1S/C18H22N2O3.C17H20N2O4.C17H16N2O4/c1-2-3-4-6-12-7-5-8-13-14(12)11-20(18(13)23)15-9-10-16(21)19-17(15)22;2*20-9-2-1-4-11-5-3-6-12-13(11)10-19(17(12)23)14-7-8-15(21)18-16(14)22/h5,7-8,15H,2-4,6,9-11H2,1H3,(H,19,21,22);3,5-6,14,20H,1-2,4,7-10H2,(H,18,21,22);3,5-6,14,20H,2,7-10H2,(H,18,21,22). The zero-order chi connectivity index (χ0) is 49.2. The van der Waals surface area contributed by atoms with Crippen molar-refractivity contribution in [2.24, 2.45) is 0 Å². The third-order valence-electron chi connectivity index (χ3n) is 13.3. The van der Waals surface area contributed by atoms with Crippen LogP contribution < -0.4 is 16.0 Å². The molecule has 3 atom stereocenters. The van der Waals surface area contributed by atoms with Crippen molar-refractivity contribution in [3.8, 4) is 11.8 Å². The van der Waals surface area contributed by atoms with Gasteiger partial charge in [-0.25, -0.2) is 0 Å². The predicted molar refractivity (Wildman–Crippen MR) is 249 cm³/mol. The first-order valence-corrected chi connectivity index (χ1v) is 23.8. The van der Waals surface area contributed by atoms with Crippen molar-refractivity contribution >= 4 is 53.2 Å². The molecule has 0 bridgehead atoms. The molecule has 3 fully saturated rings. The summed E-state index contributed by atoms with van der Waals surface area (Å²) >= 11 is 0. The minimum absolute atomic E-state index is 0.0106. The van der Waals surface area contributed by atoms with Gasteiger partial charge in [0.15, 0.2) is 0 Å². The third-order valence-corrected chi connectivity index (χ3v) is 13.3. The number of carbonyl (C=O) groups is 9. The number of aryl methyl sites for hydroxylation is 2. The van der Waals surface area contributed by atoms with Crippen molar-refractivity contribution in [3.05, 3.63) is 105 Å². The van der Waals surface area contributed by atoms with Gasteiger partial charge in [0, 0.05) is 74.2 Å². The number of nitrogens with zero attached hydrogens (tertiary/aromatic N) is 3. The quantitative estimate of drug-likeness (QED) is 0.100. The van der Waals surface area contributed by atoms with Crippen LogP contribution in [0.4, 0.5) is 0 Å². The molecule has 17 nitrogen and oxygen atoms in total. The summed E-state index contributed by atoms with van der Waals surface area (Å²) in [5, 5.41) is 24.6. The largest absolute Gasteiger partial charge is 0.396 e. The zero-order valence-electron chi connectivity index (χ0n) is 38.8. The number of hydrogen-bond acceptors (Lipinski definition) is 11. The number of aliphatic hydroxyl groups is 2. The molecule has 69 heavy (non-hydrogen) atoms. The molecule has 5 N–H and O–H groups in total. The van der Waals surface area contributed by atoms with E-state index in [9.17, 15) is 43.2 Å². The molecule has 9 rings (SSSR count). The highest BCUT2D eigenvalue weighted by Crippen LogP contribution is 2.33. The molecule has 0 spiro atoms. The van der Waals surface area contributed by atoms with Gasteiger partial charge in [-0.2, -0.15) is 0 Å². The number of carbonyl (C=O) groups excluding carboxylic acids is 9. The molecule has 6 aliphatic rings. The Hall–Kier alpha value is -7.03. The maximum atomic E-state index is 12.7. The van der Waals surface area contributed by atoms with E-state index >= 15 is 0 Å². The van der Waals surface area contributed by atoms with Crippen LogP contribution in [0.15, 0.2) is 54.6 Å². The molecule has 0 aliphatic carbocycles. The van der Waals surface area contributed by atoms with E-state index in [0.717, 1.165) is 66.3 Å². The first-order chi connectivity index (χ1) is 33.3. The van der Waals surface area contributed by atoms with Crippen LogP contribution in [0.3, 0.4) is 0 Å². The Kier molecular flexibility index (Phi) is 16.5. The summed E-state index contributed by atoms with van der Waals surface area (Å²) < 4.78 is 0. The first kappa shape index (κ1) is 49.9. The fraction of sp³-hybridized carbons (Fsp3) is 0.442. The minimum atomic E-state index is -0.620. The second kappa shape index (κ2) is 22.8. The van der Waals surface area contributed by atoms with Gasteiger partial charge in [-0.15, -0.1) is 0 Å². The summed E-state index contributed by atoms with van der Waals surface area (Å²) in [4.78, 5) is 112. The number of hydrogen-bond donors (Lipinski definition) is 5. The Morgan fingerprint density at radius 2 is 0.928 bits per heavy atom. The first-order valence-electron chi connectivity index (χ1n) is 23.8. The number of rotatable bonds is 12. The number of amides is 9. The minimum Gasteiger partial charge on any atom is -0.396 e. The SMILES string of the molecule is CCCCCc1cccc2c1CN(C1CCC(=O)NC1=O)C2=O.O=C1CCC(N2Cc3c(C#CCCO)cccc3C2=O)C(=O)N1.O=C1CCC(N2Cc3c(CCCCO)cccc3C2=O)C(=O)N1. The summed E-state index contributed by atoms with van der Waals surface area (Å²) in [7, 11) is 0. The highest BCUT2D eigenvalue weighted by Gasteiger charge is 2.42. The number of nitrogens with one attached hydrogen (secondary N) is 3.